The van der Waals surface area contributed by atoms with Crippen molar-refractivity contribution in [3.63, 3.8) is 0 Å². The molecule has 0 spiro atoms. The van der Waals surface area contributed by atoms with Crippen molar-refractivity contribution in [2.24, 2.45) is 5.73 Å². The minimum Gasteiger partial charge on any atom is -0.480 e. The minimum atomic E-state index is -1.19. The highest BCUT2D eigenvalue weighted by atomic mass is 16.4. The number of hydrogen-bond acceptors (Lipinski definition) is 5. The highest BCUT2D eigenvalue weighted by Crippen LogP contribution is 2.04. The van der Waals surface area contributed by atoms with E-state index < -0.39 is 43.0 Å². The van der Waals surface area contributed by atoms with Crippen molar-refractivity contribution in [1.82, 2.24) is 10.6 Å². The van der Waals surface area contributed by atoms with E-state index >= 15 is 0 Å². The Hall–Kier alpha value is -2.45. The predicted molar refractivity (Wildman–Crippen MR) is 77.8 cm³/mol. The zero-order valence-corrected chi connectivity index (χ0v) is 11.9. The Morgan fingerprint density at radius 3 is 2.32 bits per heavy atom. The van der Waals surface area contributed by atoms with Crippen molar-refractivity contribution in [3.8, 4) is 0 Å². The molecule has 8 heteroatoms. The maximum absolute atomic E-state index is 12.0. The molecule has 6 N–H and O–H groups in total. The summed E-state index contributed by atoms with van der Waals surface area (Å²) in [5, 5.41) is 22.1. The Balaban J connectivity index is 2.77. The molecule has 0 aliphatic heterocycles. The summed E-state index contributed by atoms with van der Waals surface area (Å²) in [7, 11) is 0. The first-order valence-electron chi connectivity index (χ1n) is 6.64. The lowest BCUT2D eigenvalue weighted by Crippen LogP contribution is -2.53. The van der Waals surface area contributed by atoms with Gasteiger partial charge in [-0.2, -0.15) is 0 Å². The van der Waals surface area contributed by atoms with Gasteiger partial charge in [0.05, 0.1) is 6.61 Å². The fraction of sp³-hybridized carbons (Fsp3) is 0.357. The van der Waals surface area contributed by atoms with Crippen molar-refractivity contribution in [1.29, 1.82) is 0 Å². The molecule has 1 aromatic rings. The molecule has 120 valence electrons. The van der Waals surface area contributed by atoms with Gasteiger partial charge >= 0.3 is 5.97 Å². The molecule has 2 unspecified atom stereocenters. The van der Waals surface area contributed by atoms with Gasteiger partial charge in [-0.05, 0) is 5.56 Å². The van der Waals surface area contributed by atoms with E-state index in [4.69, 9.17) is 15.9 Å². The normalized spacial score (nSPS) is 13.0. The van der Waals surface area contributed by atoms with Gasteiger partial charge in [0.25, 0.3) is 0 Å². The minimum absolute atomic E-state index is 0.177. The van der Waals surface area contributed by atoms with Gasteiger partial charge in [0.2, 0.25) is 11.8 Å². The fourth-order valence-electron chi connectivity index (χ4n) is 1.71. The highest BCUT2D eigenvalue weighted by molar-refractivity contribution is 5.91. The molecular formula is C14H19N3O5. The van der Waals surface area contributed by atoms with E-state index in [0.29, 0.717) is 0 Å². The van der Waals surface area contributed by atoms with E-state index in [2.05, 4.69) is 10.6 Å². The first-order valence-corrected chi connectivity index (χ1v) is 6.64. The third-order valence-electron chi connectivity index (χ3n) is 2.86. The van der Waals surface area contributed by atoms with Crippen LogP contribution in [0.15, 0.2) is 30.3 Å². The molecule has 1 rings (SSSR count). The molecule has 8 nitrogen and oxygen atoms in total. The summed E-state index contributed by atoms with van der Waals surface area (Å²) in [5.41, 5.74) is 6.18. The largest absolute Gasteiger partial charge is 0.480 e. The van der Waals surface area contributed by atoms with Gasteiger partial charge < -0.3 is 26.6 Å². The van der Waals surface area contributed by atoms with Gasteiger partial charge in [-0.3, -0.25) is 14.4 Å². The zero-order valence-electron chi connectivity index (χ0n) is 11.9. The fourth-order valence-corrected chi connectivity index (χ4v) is 1.71. The number of hydrogen-bond donors (Lipinski definition) is 5. The second kappa shape index (κ2) is 8.75. The monoisotopic (exact) mass is 309 g/mol. The number of aliphatic carboxylic acids is 1. The number of amides is 2. The van der Waals surface area contributed by atoms with Crippen LogP contribution in [0.2, 0.25) is 0 Å². The average Bonchev–Trinajstić information content (AvgIpc) is 2.51. The second-order valence-electron chi connectivity index (χ2n) is 4.65. The standard InChI is InChI=1S/C14H19N3O5/c15-10(8-18)13(21)17-11(14(22)16-7-12(19)20)6-9-4-2-1-3-5-9/h1-5,10-11,18H,6-8,15H2,(H,16,22)(H,17,21)(H,19,20). The van der Waals surface area contributed by atoms with E-state index in [-0.39, 0.29) is 6.42 Å². The topological polar surface area (TPSA) is 142 Å². The molecule has 2 atom stereocenters. The quantitative estimate of drug-likeness (QED) is 0.385. The maximum Gasteiger partial charge on any atom is 0.322 e. The molecule has 0 bridgehead atoms. The van der Waals surface area contributed by atoms with E-state index in [1.54, 1.807) is 24.3 Å². The summed E-state index contributed by atoms with van der Waals surface area (Å²) >= 11 is 0. The Morgan fingerprint density at radius 2 is 1.77 bits per heavy atom. The van der Waals surface area contributed by atoms with Gasteiger partial charge in [0.15, 0.2) is 0 Å². The summed E-state index contributed by atoms with van der Waals surface area (Å²) < 4.78 is 0. The predicted octanol–water partition coefficient (Wildman–Crippen LogP) is -1.77. The molecule has 1 aromatic carbocycles. The Morgan fingerprint density at radius 1 is 1.14 bits per heavy atom. The van der Waals surface area contributed by atoms with Crippen LogP contribution in [-0.4, -0.2) is 53.2 Å². The van der Waals surface area contributed by atoms with E-state index in [9.17, 15) is 14.4 Å². The van der Waals surface area contributed by atoms with Crippen LogP contribution in [0.3, 0.4) is 0 Å². The van der Waals surface area contributed by atoms with Crippen LogP contribution in [0.25, 0.3) is 0 Å². The van der Waals surface area contributed by atoms with Gasteiger partial charge in [-0.25, -0.2) is 0 Å². The van der Waals surface area contributed by atoms with Crippen LogP contribution < -0.4 is 16.4 Å². The van der Waals surface area contributed by atoms with Gasteiger partial charge in [0, 0.05) is 6.42 Å². The van der Waals surface area contributed by atoms with Crippen molar-refractivity contribution < 1.29 is 24.6 Å². The van der Waals surface area contributed by atoms with E-state index in [1.165, 1.54) is 0 Å². The first kappa shape index (κ1) is 17.6. The van der Waals surface area contributed by atoms with Crippen LogP contribution in [0.4, 0.5) is 0 Å². The van der Waals surface area contributed by atoms with Crippen LogP contribution in [0.1, 0.15) is 5.56 Å². The lowest BCUT2D eigenvalue weighted by molar-refractivity contribution is -0.138. The number of nitrogens with two attached hydrogens (primary N) is 1. The SMILES string of the molecule is NC(CO)C(=O)NC(Cc1ccccc1)C(=O)NCC(=O)O. The van der Waals surface area contributed by atoms with Crippen molar-refractivity contribution in [3.05, 3.63) is 35.9 Å². The van der Waals surface area contributed by atoms with Gasteiger partial charge in [0.1, 0.15) is 18.6 Å². The summed E-state index contributed by atoms with van der Waals surface area (Å²) in [6.07, 6.45) is 0.177. The number of aliphatic hydroxyl groups is 1. The summed E-state index contributed by atoms with van der Waals surface area (Å²) in [6, 6.07) is 6.79. The Kier molecular flexibility index (Phi) is 7.00. The molecule has 0 aromatic heterocycles. The number of carbonyl (C=O) groups is 3. The number of carbonyl (C=O) groups excluding carboxylic acids is 2. The third kappa shape index (κ3) is 5.90. The molecule has 0 radical (unpaired) electrons. The van der Waals surface area contributed by atoms with Gasteiger partial charge in [-0.1, -0.05) is 30.3 Å². The molecule has 0 aliphatic carbocycles. The van der Waals surface area contributed by atoms with E-state index in [1.807, 2.05) is 6.07 Å². The highest BCUT2D eigenvalue weighted by Gasteiger charge is 2.24. The van der Waals surface area contributed by atoms with E-state index in [0.717, 1.165) is 5.56 Å². The number of carboxylic acids is 1. The first-order chi connectivity index (χ1) is 10.4. The number of nitrogens with one attached hydrogen (secondary N) is 2. The van der Waals surface area contributed by atoms with Gasteiger partial charge in [-0.15, -0.1) is 0 Å². The van der Waals surface area contributed by atoms with Crippen LogP contribution in [-0.2, 0) is 20.8 Å². The summed E-state index contributed by atoms with van der Waals surface area (Å²) in [6.45, 7) is -1.10. The number of benzene rings is 1. The molecule has 0 saturated heterocycles. The molecule has 0 aliphatic rings. The Labute approximate surface area is 127 Å². The summed E-state index contributed by atoms with van der Waals surface area (Å²) in [4.78, 5) is 34.2. The maximum atomic E-state index is 12.0. The van der Waals surface area contributed by atoms with Crippen molar-refractivity contribution in [2.75, 3.05) is 13.2 Å². The third-order valence-corrected chi connectivity index (χ3v) is 2.86. The number of carboxylic acid groups (broad SMARTS) is 1. The summed E-state index contributed by atoms with van der Waals surface area (Å²) in [5.74, 6) is -2.51. The second-order valence-corrected chi connectivity index (χ2v) is 4.65. The molecule has 0 fully saturated rings. The van der Waals surface area contributed by atoms with Crippen molar-refractivity contribution in [2.45, 2.75) is 18.5 Å². The smallest absolute Gasteiger partial charge is 0.322 e. The van der Waals surface area contributed by atoms with Crippen LogP contribution in [0.5, 0.6) is 0 Å². The molecular weight excluding hydrogens is 290 g/mol. The molecule has 0 heterocycles. The molecule has 0 saturated carbocycles. The number of rotatable bonds is 8. The lowest BCUT2D eigenvalue weighted by Gasteiger charge is -2.19. The average molecular weight is 309 g/mol. The van der Waals surface area contributed by atoms with Crippen LogP contribution >= 0.6 is 0 Å². The molecule has 2 amide bonds. The Bertz CT molecular complexity index is 520. The number of aliphatic hydroxyl groups excluding tert-OH is 1. The zero-order chi connectivity index (χ0) is 16.5. The lowest BCUT2D eigenvalue weighted by atomic mass is 10.0. The van der Waals surface area contributed by atoms with Crippen LogP contribution in [0, 0.1) is 0 Å². The molecule has 22 heavy (non-hydrogen) atoms. The van der Waals surface area contributed by atoms with Crippen molar-refractivity contribution >= 4 is 17.8 Å².